The molecule has 0 bridgehead atoms. The summed E-state index contributed by atoms with van der Waals surface area (Å²) < 4.78 is 31.7. The monoisotopic (exact) mass is 419 g/mol. The summed E-state index contributed by atoms with van der Waals surface area (Å²) in [7, 11) is -2.09. The second-order valence-corrected chi connectivity index (χ2v) is 7.71. The number of rotatable bonds is 10. The molecule has 29 heavy (non-hydrogen) atoms. The number of ether oxygens (including phenoxy) is 1. The summed E-state index contributed by atoms with van der Waals surface area (Å²) in [5.74, 6) is -0.454. The molecular weight excluding hydrogens is 398 g/mol. The van der Waals surface area contributed by atoms with Crippen molar-refractivity contribution in [3.05, 3.63) is 70.3 Å². The Kier molecular flexibility index (Phi) is 8.01. The molecule has 0 aliphatic heterocycles. The van der Waals surface area contributed by atoms with Crippen LogP contribution >= 0.6 is 0 Å². The second kappa shape index (κ2) is 10.5. The van der Waals surface area contributed by atoms with Gasteiger partial charge in [-0.05, 0) is 42.3 Å². The molecule has 2 N–H and O–H groups in total. The third-order valence-electron chi connectivity index (χ3n) is 3.76. The molecule has 2 rings (SSSR count). The highest BCUT2D eigenvalue weighted by Crippen LogP contribution is 2.16. The van der Waals surface area contributed by atoms with Crippen LogP contribution in [0.1, 0.15) is 12.0 Å². The van der Waals surface area contributed by atoms with E-state index in [-0.39, 0.29) is 17.1 Å². The van der Waals surface area contributed by atoms with Crippen LogP contribution in [0.3, 0.4) is 0 Å². The van der Waals surface area contributed by atoms with Gasteiger partial charge in [-0.2, -0.15) is 0 Å². The minimum atomic E-state index is -3.63. The third kappa shape index (κ3) is 7.11. The molecule has 0 fully saturated rings. The zero-order chi connectivity index (χ0) is 21.3. The maximum atomic E-state index is 12.2. The van der Waals surface area contributed by atoms with Crippen molar-refractivity contribution < 1.29 is 22.9 Å². The molecular formula is C19H21N3O6S. The van der Waals surface area contributed by atoms with Gasteiger partial charge in [0.2, 0.25) is 15.9 Å². The van der Waals surface area contributed by atoms with Crippen LogP contribution in [0, 0.1) is 10.1 Å². The molecule has 9 nitrogen and oxygen atoms in total. The van der Waals surface area contributed by atoms with E-state index in [0.29, 0.717) is 24.3 Å². The molecule has 0 heterocycles. The van der Waals surface area contributed by atoms with E-state index in [1.807, 2.05) is 0 Å². The normalized spacial score (nSPS) is 11.5. The number of carbonyl (C=O) groups excluding carboxylic acids is 1. The zero-order valence-corrected chi connectivity index (χ0v) is 16.5. The number of nitro groups is 1. The van der Waals surface area contributed by atoms with Gasteiger partial charge in [-0.25, -0.2) is 13.1 Å². The fourth-order valence-electron chi connectivity index (χ4n) is 2.32. The lowest BCUT2D eigenvalue weighted by Crippen LogP contribution is -2.25. The predicted octanol–water partition coefficient (Wildman–Crippen LogP) is 2.56. The van der Waals surface area contributed by atoms with Crippen LogP contribution in [-0.2, 0) is 19.6 Å². The maximum absolute atomic E-state index is 12.2. The fraction of sp³-hybridized carbons (Fsp3) is 0.211. The summed E-state index contributed by atoms with van der Waals surface area (Å²) in [6.07, 6.45) is 3.24. The van der Waals surface area contributed by atoms with Crippen molar-refractivity contribution >= 4 is 33.4 Å². The van der Waals surface area contributed by atoms with Crippen LogP contribution in [0.2, 0.25) is 0 Å². The number of nitrogens with zero attached hydrogens (tertiary/aromatic N) is 1. The summed E-state index contributed by atoms with van der Waals surface area (Å²) in [5.41, 5.74) is 0.854. The number of hydrogen-bond acceptors (Lipinski definition) is 6. The quantitative estimate of drug-likeness (QED) is 0.264. The van der Waals surface area contributed by atoms with E-state index in [0.717, 1.165) is 0 Å². The molecule has 0 atom stereocenters. The van der Waals surface area contributed by atoms with Gasteiger partial charge >= 0.3 is 0 Å². The number of amides is 1. The standard InChI is InChI=1S/C19H21N3O6S/c1-28-13-3-12-20-29(26,27)18-9-7-16(8-10-18)21-19(23)11-6-15-4-2-5-17(14-15)22(24)25/h2,4-11,14,20H,3,12-13H2,1H3,(H,21,23). The molecule has 10 heteroatoms. The number of benzene rings is 2. The molecule has 0 aliphatic rings. The molecule has 1 amide bonds. The lowest BCUT2D eigenvalue weighted by Gasteiger charge is -2.08. The largest absolute Gasteiger partial charge is 0.385 e. The summed E-state index contributed by atoms with van der Waals surface area (Å²) in [6, 6.07) is 11.6. The number of sulfonamides is 1. The first-order chi connectivity index (χ1) is 13.8. The number of hydrogen-bond donors (Lipinski definition) is 2. The highest BCUT2D eigenvalue weighted by atomic mass is 32.2. The highest BCUT2D eigenvalue weighted by Gasteiger charge is 2.13. The second-order valence-electron chi connectivity index (χ2n) is 5.94. The zero-order valence-electron chi connectivity index (χ0n) is 15.7. The van der Waals surface area contributed by atoms with Crippen molar-refractivity contribution in [2.24, 2.45) is 0 Å². The van der Waals surface area contributed by atoms with E-state index in [1.54, 1.807) is 13.2 Å². The average Bonchev–Trinajstić information content (AvgIpc) is 2.70. The maximum Gasteiger partial charge on any atom is 0.270 e. The molecule has 0 unspecified atom stereocenters. The lowest BCUT2D eigenvalue weighted by molar-refractivity contribution is -0.384. The first-order valence-corrected chi connectivity index (χ1v) is 10.1. The van der Waals surface area contributed by atoms with Crippen LogP contribution in [-0.4, -0.2) is 39.5 Å². The molecule has 154 valence electrons. The van der Waals surface area contributed by atoms with E-state index < -0.39 is 20.9 Å². The van der Waals surface area contributed by atoms with Crippen molar-refractivity contribution in [1.29, 1.82) is 0 Å². The summed E-state index contributed by atoms with van der Waals surface area (Å²) in [6.45, 7) is 0.717. The van der Waals surface area contributed by atoms with E-state index in [2.05, 4.69) is 10.0 Å². The van der Waals surface area contributed by atoms with Gasteiger partial charge < -0.3 is 10.1 Å². The highest BCUT2D eigenvalue weighted by molar-refractivity contribution is 7.89. The molecule has 2 aromatic rings. The number of nitrogens with one attached hydrogen (secondary N) is 2. The minimum absolute atomic E-state index is 0.0693. The van der Waals surface area contributed by atoms with Gasteiger partial charge in [-0.15, -0.1) is 0 Å². The van der Waals surface area contributed by atoms with Crippen LogP contribution in [0.5, 0.6) is 0 Å². The number of methoxy groups -OCH3 is 1. The van der Waals surface area contributed by atoms with Gasteiger partial charge in [0.05, 0.1) is 9.82 Å². The lowest BCUT2D eigenvalue weighted by atomic mass is 10.2. The molecule has 0 radical (unpaired) electrons. The van der Waals surface area contributed by atoms with Gasteiger partial charge in [0.15, 0.2) is 0 Å². The Labute approximate surface area is 168 Å². The van der Waals surface area contributed by atoms with Gasteiger partial charge in [-0.3, -0.25) is 14.9 Å². The molecule has 0 aromatic heterocycles. The van der Waals surface area contributed by atoms with Gasteiger partial charge in [0.1, 0.15) is 0 Å². The van der Waals surface area contributed by atoms with Crippen LogP contribution in [0.25, 0.3) is 6.08 Å². The third-order valence-corrected chi connectivity index (χ3v) is 5.23. The minimum Gasteiger partial charge on any atom is -0.385 e. The summed E-state index contributed by atoms with van der Waals surface area (Å²) >= 11 is 0. The molecule has 0 saturated carbocycles. The van der Waals surface area contributed by atoms with Crippen molar-refractivity contribution in [3.63, 3.8) is 0 Å². The summed E-state index contributed by atoms with van der Waals surface area (Å²) in [4.78, 5) is 22.4. The molecule has 0 saturated heterocycles. The van der Waals surface area contributed by atoms with Crippen molar-refractivity contribution in [2.45, 2.75) is 11.3 Å². The van der Waals surface area contributed by atoms with Crippen LogP contribution in [0.15, 0.2) is 59.5 Å². The van der Waals surface area contributed by atoms with E-state index in [4.69, 9.17) is 4.74 Å². The average molecular weight is 419 g/mol. The molecule has 0 spiro atoms. The topological polar surface area (TPSA) is 128 Å². The van der Waals surface area contributed by atoms with E-state index in [1.165, 1.54) is 54.6 Å². The fourth-order valence-corrected chi connectivity index (χ4v) is 3.40. The summed E-state index contributed by atoms with van der Waals surface area (Å²) in [5, 5.41) is 13.4. The van der Waals surface area contributed by atoms with Crippen molar-refractivity contribution in [2.75, 3.05) is 25.6 Å². The first-order valence-electron chi connectivity index (χ1n) is 8.64. The number of carbonyl (C=O) groups is 1. The predicted molar refractivity (Wildman–Crippen MR) is 109 cm³/mol. The van der Waals surface area contributed by atoms with Gasteiger partial charge in [0, 0.05) is 44.2 Å². The Hall–Kier alpha value is -3.08. The number of anilines is 1. The number of non-ortho nitro benzene ring substituents is 1. The Bertz CT molecular complexity index is 987. The Morgan fingerprint density at radius 1 is 1.21 bits per heavy atom. The van der Waals surface area contributed by atoms with E-state index in [9.17, 15) is 23.3 Å². The van der Waals surface area contributed by atoms with Gasteiger partial charge in [-0.1, -0.05) is 12.1 Å². The van der Waals surface area contributed by atoms with E-state index >= 15 is 0 Å². The Balaban J connectivity index is 1.96. The van der Waals surface area contributed by atoms with Crippen molar-refractivity contribution in [1.82, 2.24) is 4.72 Å². The van der Waals surface area contributed by atoms with Gasteiger partial charge in [0.25, 0.3) is 5.69 Å². The number of nitro benzene ring substituents is 1. The SMILES string of the molecule is COCCCNS(=O)(=O)c1ccc(NC(=O)C=Cc2cccc([N+](=O)[O-])c2)cc1. The smallest absolute Gasteiger partial charge is 0.270 e. The molecule has 2 aromatic carbocycles. The van der Waals surface area contributed by atoms with Crippen molar-refractivity contribution in [3.8, 4) is 0 Å². The van der Waals surface area contributed by atoms with Crippen LogP contribution < -0.4 is 10.0 Å². The Morgan fingerprint density at radius 3 is 2.59 bits per heavy atom. The first kappa shape index (κ1) is 22.2. The molecule has 0 aliphatic carbocycles. The van der Waals surface area contributed by atoms with Crippen LogP contribution in [0.4, 0.5) is 11.4 Å². The Morgan fingerprint density at radius 2 is 1.93 bits per heavy atom.